The van der Waals surface area contributed by atoms with E-state index >= 15 is 0 Å². The van der Waals surface area contributed by atoms with Gasteiger partial charge in [-0.15, -0.1) is 0 Å². The number of anilines is 1. The molecule has 2 aliphatic rings. The number of rotatable bonds is 4. The van der Waals surface area contributed by atoms with Gasteiger partial charge in [0.1, 0.15) is 5.75 Å². The standard InChI is InChI=1S/C22H25N3O2/c1-3-5-15-8-10-16(11-9-15)21-19-13-23-14-20(21)25(19)22(26)24-17-6-4-7-18(12-17)27-2/h3-12,19-21,23H,13-14H2,1-2H3,(H,24,26)/b5-3+/t19-,20+,21?. The molecule has 5 heteroatoms. The van der Waals surface area contributed by atoms with Crippen LogP contribution in [-0.2, 0) is 0 Å². The average Bonchev–Trinajstić information content (AvgIpc) is 2.70. The second-order valence-electron chi connectivity index (χ2n) is 7.05. The minimum Gasteiger partial charge on any atom is -0.497 e. The molecule has 2 fully saturated rings. The number of carbonyl (C=O) groups is 1. The first-order valence-electron chi connectivity index (χ1n) is 9.38. The van der Waals surface area contributed by atoms with Gasteiger partial charge in [0.15, 0.2) is 0 Å². The van der Waals surface area contributed by atoms with Gasteiger partial charge in [0.05, 0.1) is 19.2 Å². The lowest BCUT2D eigenvalue weighted by atomic mass is 9.72. The van der Waals surface area contributed by atoms with E-state index in [-0.39, 0.29) is 18.1 Å². The fraction of sp³-hybridized carbons (Fsp3) is 0.318. The number of methoxy groups -OCH3 is 1. The molecule has 2 saturated heterocycles. The monoisotopic (exact) mass is 363 g/mol. The number of likely N-dealkylation sites (tertiary alicyclic amines) is 1. The Bertz CT molecular complexity index is 835. The molecule has 1 unspecified atom stereocenters. The van der Waals surface area contributed by atoms with Crippen LogP contribution in [0.4, 0.5) is 10.5 Å². The Morgan fingerprint density at radius 2 is 1.93 bits per heavy atom. The number of nitrogens with zero attached hydrogens (tertiary/aromatic N) is 1. The summed E-state index contributed by atoms with van der Waals surface area (Å²) in [5.74, 6) is 1.12. The lowest BCUT2D eigenvalue weighted by Gasteiger charge is -2.59. The minimum atomic E-state index is -0.0402. The maximum atomic E-state index is 12.9. The van der Waals surface area contributed by atoms with Gasteiger partial charge in [-0.05, 0) is 30.2 Å². The molecule has 4 rings (SSSR count). The van der Waals surface area contributed by atoms with E-state index in [9.17, 15) is 4.79 Å². The SMILES string of the molecule is C/C=C/c1ccc(C2[C@H]3CNC[C@@H]2N3C(=O)Nc2cccc(OC)c2)cc1. The van der Waals surface area contributed by atoms with E-state index in [1.807, 2.05) is 42.2 Å². The number of benzene rings is 2. The fourth-order valence-electron chi connectivity index (χ4n) is 4.23. The van der Waals surface area contributed by atoms with Gasteiger partial charge in [0.25, 0.3) is 0 Å². The van der Waals surface area contributed by atoms with E-state index in [0.29, 0.717) is 5.92 Å². The summed E-state index contributed by atoms with van der Waals surface area (Å²) in [5.41, 5.74) is 3.27. The van der Waals surface area contributed by atoms with Crippen LogP contribution in [0.25, 0.3) is 6.08 Å². The summed E-state index contributed by atoms with van der Waals surface area (Å²) < 4.78 is 5.23. The Hall–Kier alpha value is -2.79. The van der Waals surface area contributed by atoms with Crippen LogP contribution in [0.2, 0.25) is 0 Å². The smallest absolute Gasteiger partial charge is 0.322 e. The molecule has 2 amide bonds. The lowest BCUT2D eigenvalue weighted by Crippen LogP contribution is -2.74. The molecule has 2 aromatic rings. The summed E-state index contributed by atoms with van der Waals surface area (Å²) in [5, 5.41) is 6.44. The van der Waals surface area contributed by atoms with Gasteiger partial charge in [-0.1, -0.05) is 42.5 Å². The third kappa shape index (κ3) is 3.30. The zero-order valence-electron chi connectivity index (χ0n) is 15.7. The number of nitrogens with one attached hydrogen (secondary N) is 2. The number of amides is 2. The second-order valence-corrected chi connectivity index (χ2v) is 7.05. The number of ether oxygens (including phenoxy) is 1. The van der Waals surface area contributed by atoms with Crippen molar-refractivity contribution >= 4 is 17.8 Å². The van der Waals surface area contributed by atoms with Gasteiger partial charge in [-0.2, -0.15) is 0 Å². The van der Waals surface area contributed by atoms with Crippen LogP contribution < -0.4 is 15.4 Å². The van der Waals surface area contributed by atoms with Crippen molar-refractivity contribution in [3.8, 4) is 5.75 Å². The molecule has 0 aliphatic carbocycles. The summed E-state index contributed by atoms with van der Waals surface area (Å²) in [4.78, 5) is 14.8. The topological polar surface area (TPSA) is 53.6 Å². The molecule has 2 aromatic carbocycles. The molecular weight excluding hydrogens is 338 g/mol. The molecule has 2 bridgehead atoms. The number of fused-ring (bicyclic) bond motifs is 2. The third-order valence-electron chi connectivity index (χ3n) is 5.49. The van der Waals surface area contributed by atoms with Crippen molar-refractivity contribution in [1.29, 1.82) is 0 Å². The Labute approximate surface area is 160 Å². The highest BCUT2D eigenvalue weighted by molar-refractivity contribution is 5.91. The quantitative estimate of drug-likeness (QED) is 0.871. The molecule has 2 aliphatic heterocycles. The van der Waals surface area contributed by atoms with E-state index in [4.69, 9.17) is 4.74 Å². The highest BCUT2D eigenvalue weighted by atomic mass is 16.5. The van der Waals surface area contributed by atoms with Crippen LogP contribution in [0.5, 0.6) is 5.75 Å². The molecule has 2 heterocycles. The van der Waals surface area contributed by atoms with Crippen LogP contribution in [0.15, 0.2) is 54.6 Å². The van der Waals surface area contributed by atoms with Gasteiger partial charge in [-0.3, -0.25) is 0 Å². The Kier molecular flexibility index (Phi) is 4.86. The largest absolute Gasteiger partial charge is 0.497 e. The minimum absolute atomic E-state index is 0.0402. The van der Waals surface area contributed by atoms with Gasteiger partial charge < -0.3 is 20.3 Å². The van der Waals surface area contributed by atoms with Crippen LogP contribution >= 0.6 is 0 Å². The molecule has 0 saturated carbocycles. The molecule has 5 nitrogen and oxygen atoms in total. The van der Waals surface area contributed by atoms with Crippen molar-refractivity contribution in [2.45, 2.75) is 24.9 Å². The first kappa shape index (κ1) is 17.6. The van der Waals surface area contributed by atoms with Gasteiger partial charge >= 0.3 is 6.03 Å². The molecular formula is C22H25N3O2. The summed E-state index contributed by atoms with van der Waals surface area (Å²) in [7, 11) is 1.62. The fourth-order valence-corrected chi connectivity index (χ4v) is 4.23. The van der Waals surface area contributed by atoms with Crippen LogP contribution in [0.3, 0.4) is 0 Å². The third-order valence-corrected chi connectivity index (χ3v) is 5.49. The van der Waals surface area contributed by atoms with Crippen LogP contribution in [-0.4, -0.2) is 43.2 Å². The van der Waals surface area contributed by atoms with Gasteiger partial charge in [0.2, 0.25) is 0 Å². The number of piperidine rings is 1. The number of carbonyl (C=O) groups excluding carboxylic acids is 1. The number of piperazine rings is 1. The molecule has 3 atom stereocenters. The second kappa shape index (κ2) is 7.45. The first-order chi connectivity index (χ1) is 13.2. The number of hydrogen-bond donors (Lipinski definition) is 2. The maximum Gasteiger partial charge on any atom is 0.322 e. The van der Waals surface area contributed by atoms with Gasteiger partial charge in [-0.25, -0.2) is 4.79 Å². The van der Waals surface area contributed by atoms with Crippen molar-refractivity contribution in [3.63, 3.8) is 0 Å². The highest BCUT2D eigenvalue weighted by Gasteiger charge is 2.53. The molecule has 0 spiro atoms. The van der Waals surface area contributed by atoms with Crippen molar-refractivity contribution in [2.75, 3.05) is 25.5 Å². The van der Waals surface area contributed by atoms with E-state index in [0.717, 1.165) is 24.5 Å². The zero-order valence-corrected chi connectivity index (χ0v) is 15.7. The molecule has 2 N–H and O–H groups in total. The van der Waals surface area contributed by atoms with Crippen molar-refractivity contribution in [2.24, 2.45) is 0 Å². The van der Waals surface area contributed by atoms with Crippen molar-refractivity contribution < 1.29 is 9.53 Å². The van der Waals surface area contributed by atoms with E-state index in [1.165, 1.54) is 11.1 Å². The summed E-state index contributed by atoms with van der Waals surface area (Å²) in [6, 6.07) is 16.5. The normalized spacial score (nSPS) is 23.8. The zero-order chi connectivity index (χ0) is 18.8. The van der Waals surface area contributed by atoms with E-state index in [1.54, 1.807) is 7.11 Å². The average molecular weight is 363 g/mol. The predicted molar refractivity (Wildman–Crippen MR) is 108 cm³/mol. The first-order valence-corrected chi connectivity index (χ1v) is 9.38. The van der Waals surface area contributed by atoms with Gasteiger partial charge in [0, 0.05) is 30.8 Å². The predicted octanol–water partition coefficient (Wildman–Crippen LogP) is 3.70. The van der Waals surface area contributed by atoms with Crippen molar-refractivity contribution in [1.82, 2.24) is 10.2 Å². The number of allylic oxidation sites excluding steroid dienone is 1. The Balaban J connectivity index is 1.48. The van der Waals surface area contributed by atoms with Crippen molar-refractivity contribution in [3.05, 3.63) is 65.7 Å². The molecule has 27 heavy (non-hydrogen) atoms. The lowest BCUT2D eigenvalue weighted by molar-refractivity contribution is 0.00201. The van der Waals surface area contributed by atoms with E-state index < -0.39 is 0 Å². The summed E-state index contributed by atoms with van der Waals surface area (Å²) >= 11 is 0. The van der Waals surface area contributed by atoms with Crippen LogP contribution in [0, 0.1) is 0 Å². The molecule has 0 radical (unpaired) electrons. The number of urea groups is 1. The maximum absolute atomic E-state index is 12.9. The highest BCUT2D eigenvalue weighted by Crippen LogP contribution is 2.43. The van der Waals surface area contributed by atoms with Crippen LogP contribution in [0.1, 0.15) is 24.0 Å². The molecule has 140 valence electrons. The Morgan fingerprint density at radius 3 is 2.59 bits per heavy atom. The Morgan fingerprint density at radius 1 is 1.19 bits per heavy atom. The van der Waals surface area contributed by atoms with E-state index in [2.05, 4.69) is 41.0 Å². The number of hydrogen-bond acceptors (Lipinski definition) is 3. The summed E-state index contributed by atoms with van der Waals surface area (Å²) in [6.45, 7) is 3.67. The molecule has 0 aromatic heterocycles. The summed E-state index contributed by atoms with van der Waals surface area (Å²) in [6.07, 6.45) is 4.14.